The molecule has 126 valence electrons. The maximum atomic E-state index is 13.5. The van der Waals surface area contributed by atoms with Crippen LogP contribution in [0, 0.1) is 5.92 Å². The third-order valence-corrected chi connectivity index (χ3v) is 5.66. The molecule has 0 radical (unpaired) electrons. The minimum atomic E-state index is -0.486. The Morgan fingerprint density at radius 2 is 2.00 bits per heavy atom. The number of nitrogens with zero attached hydrogens (tertiary/aromatic N) is 1. The van der Waals surface area contributed by atoms with Gasteiger partial charge in [0.2, 0.25) is 5.91 Å². The van der Waals surface area contributed by atoms with Crippen LogP contribution >= 0.6 is 11.6 Å². The van der Waals surface area contributed by atoms with Gasteiger partial charge in [-0.15, -0.1) is 0 Å². The molecule has 3 rings (SSSR count). The Bertz CT molecular complexity index is 555. The highest BCUT2D eigenvalue weighted by atomic mass is 35.5. The molecule has 0 aromatic heterocycles. The molecule has 5 heteroatoms. The van der Waals surface area contributed by atoms with E-state index in [1.165, 1.54) is 0 Å². The van der Waals surface area contributed by atoms with Crippen LogP contribution in [0.25, 0.3) is 0 Å². The van der Waals surface area contributed by atoms with E-state index < -0.39 is 5.41 Å². The summed E-state index contributed by atoms with van der Waals surface area (Å²) in [6.45, 7) is 4.79. The van der Waals surface area contributed by atoms with Gasteiger partial charge in [0.15, 0.2) is 0 Å². The first kappa shape index (κ1) is 16.7. The number of halogens is 1. The summed E-state index contributed by atoms with van der Waals surface area (Å²) in [6.07, 6.45) is 2.45. The second-order valence-electron chi connectivity index (χ2n) is 6.85. The summed E-state index contributed by atoms with van der Waals surface area (Å²) in [5.74, 6) is 0.641. The van der Waals surface area contributed by atoms with Gasteiger partial charge < -0.3 is 15.4 Å². The molecule has 2 aliphatic rings. The molecule has 4 nitrogen and oxygen atoms in total. The Labute approximate surface area is 142 Å². The smallest absolute Gasteiger partial charge is 0.233 e. The number of nitrogens with two attached hydrogens (primary N) is 1. The fourth-order valence-corrected chi connectivity index (χ4v) is 4.11. The molecular formula is C18H25ClN2O2. The van der Waals surface area contributed by atoms with Gasteiger partial charge in [-0.1, -0.05) is 23.7 Å². The minimum Gasteiger partial charge on any atom is -0.381 e. The monoisotopic (exact) mass is 336 g/mol. The lowest BCUT2D eigenvalue weighted by Crippen LogP contribution is -2.51. The van der Waals surface area contributed by atoms with E-state index in [4.69, 9.17) is 22.1 Å². The Kier molecular flexibility index (Phi) is 4.95. The molecule has 0 spiro atoms. The molecule has 0 saturated carbocycles. The third kappa shape index (κ3) is 3.12. The number of hydrogen-bond acceptors (Lipinski definition) is 3. The Hall–Kier alpha value is -1.10. The topological polar surface area (TPSA) is 55.6 Å². The molecule has 2 heterocycles. The van der Waals surface area contributed by atoms with E-state index in [9.17, 15) is 4.79 Å². The second-order valence-corrected chi connectivity index (χ2v) is 7.28. The zero-order chi connectivity index (χ0) is 16.4. The van der Waals surface area contributed by atoms with E-state index >= 15 is 0 Å². The summed E-state index contributed by atoms with van der Waals surface area (Å²) >= 11 is 6.03. The van der Waals surface area contributed by atoms with Crippen molar-refractivity contribution in [1.82, 2.24) is 4.90 Å². The van der Waals surface area contributed by atoms with Gasteiger partial charge in [-0.3, -0.25) is 4.79 Å². The van der Waals surface area contributed by atoms with Crippen LogP contribution in [-0.4, -0.2) is 43.2 Å². The average molecular weight is 337 g/mol. The van der Waals surface area contributed by atoms with Crippen molar-refractivity contribution < 1.29 is 9.53 Å². The molecule has 2 unspecified atom stereocenters. The van der Waals surface area contributed by atoms with Crippen LogP contribution in [0.1, 0.15) is 31.7 Å². The van der Waals surface area contributed by atoms with Crippen LogP contribution in [0.15, 0.2) is 24.3 Å². The predicted octanol–water partition coefficient (Wildman–Crippen LogP) is 2.58. The SMILES string of the molecule is CC1CC(CN)CN1C(=O)C1(c2ccc(Cl)cc2)CCOCC1. The van der Waals surface area contributed by atoms with Gasteiger partial charge in [-0.2, -0.15) is 0 Å². The number of carbonyl (C=O) groups excluding carboxylic acids is 1. The summed E-state index contributed by atoms with van der Waals surface area (Å²) in [5.41, 5.74) is 6.39. The van der Waals surface area contributed by atoms with Gasteiger partial charge in [0.1, 0.15) is 0 Å². The molecule has 2 atom stereocenters. The van der Waals surface area contributed by atoms with E-state index in [0.717, 1.165) is 31.4 Å². The molecule has 1 aromatic carbocycles. The van der Waals surface area contributed by atoms with E-state index in [1.807, 2.05) is 29.2 Å². The van der Waals surface area contributed by atoms with Crippen molar-refractivity contribution in [2.75, 3.05) is 26.3 Å². The normalized spacial score (nSPS) is 27.2. The summed E-state index contributed by atoms with van der Waals surface area (Å²) in [4.78, 5) is 15.5. The first-order valence-electron chi connectivity index (χ1n) is 8.42. The Morgan fingerprint density at radius 1 is 1.35 bits per heavy atom. The van der Waals surface area contributed by atoms with Crippen LogP contribution in [0.4, 0.5) is 0 Å². The first-order chi connectivity index (χ1) is 11.1. The van der Waals surface area contributed by atoms with Crippen molar-refractivity contribution in [3.63, 3.8) is 0 Å². The largest absolute Gasteiger partial charge is 0.381 e. The summed E-state index contributed by atoms with van der Waals surface area (Å²) in [6, 6.07) is 7.98. The molecule has 2 saturated heterocycles. The number of carbonyl (C=O) groups is 1. The van der Waals surface area contributed by atoms with Crippen molar-refractivity contribution in [3.8, 4) is 0 Å². The van der Waals surface area contributed by atoms with Crippen molar-refractivity contribution in [2.45, 2.75) is 37.6 Å². The van der Waals surface area contributed by atoms with Crippen molar-refractivity contribution in [2.24, 2.45) is 11.7 Å². The molecule has 0 bridgehead atoms. The molecule has 2 aliphatic heterocycles. The second kappa shape index (κ2) is 6.80. The lowest BCUT2D eigenvalue weighted by molar-refractivity contribution is -0.142. The molecule has 1 amide bonds. The molecule has 23 heavy (non-hydrogen) atoms. The van der Waals surface area contributed by atoms with Crippen molar-refractivity contribution >= 4 is 17.5 Å². The molecule has 0 aliphatic carbocycles. The summed E-state index contributed by atoms with van der Waals surface area (Å²) < 4.78 is 5.54. The van der Waals surface area contributed by atoms with Gasteiger partial charge >= 0.3 is 0 Å². The number of rotatable bonds is 3. The standard InChI is InChI=1S/C18H25ClN2O2/c1-13-10-14(11-20)12-21(13)17(22)18(6-8-23-9-7-18)15-2-4-16(19)5-3-15/h2-5,13-14H,6-12,20H2,1H3. The van der Waals surface area contributed by atoms with Gasteiger partial charge in [0.05, 0.1) is 5.41 Å². The predicted molar refractivity (Wildman–Crippen MR) is 91.5 cm³/mol. The Balaban J connectivity index is 1.92. The highest BCUT2D eigenvalue weighted by Crippen LogP contribution is 2.39. The maximum Gasteiger partial charge on any atom is 0.233 e. The van der Waals surface area contributed by atoms with Gasteiger partial charge in [0.25, 0.3) is 0 Å². The zero-order valence-electron chi connectivity index (χ0n) is 13.6. The van der Waals surface area contributed by atoms with E-state index in [0.29, 0.717) is 30.7 Å². The molecule has 2 fully saturated rings. The van der Waals surface area contributed by atoms with Crippen molar-refractivity contribution in [1.29, 1.82) is 0 Å². The number of likely N-dealkylation sites (tertiary alicyclic amines) is 1. The number of hydrogen-bond donors (Lipinski definition) is 1. The zero-order valence-corrected chi connectivity index (χ0v) is 14.4. The molecular weight excluding hydrogens is 312 g/mol. The highest BCUT2D eigenvalue weighted by molar-refractivity contribution is 6.30. The highest BCUT2D eigenvalue weighted by Gasteiger charge is 2.46. The van der Waals surface area contributed by atoms with E-state index in [-0.39, 0.29) is 11.9 Å². The fourth-order valence-electron chi connectivity index (χ4n) is 3.99. The van der Waals surface area contributed by atoms with Gasteiger partial charge in [0, 0.05) is 30.8 Å². The lowest BCUT2D eigenvalue weighted by Gasteiger charge is -2.40. The van der Waals surface area contributed by atoms with E-state index in [1.54, 1.807) is 0 Å². The Morgan fingerprint density at radius 3 is 2.57 bits per heavy atom. The summed E-state index contributed by atoms with van der Waals surface area (Å²) in [7, 11) is 0. The average Bonchev–Trinajstić information content (AvgIpc) is 2.96. The van der Waals surface area contributed by atoms with Gasteiger partial charge in [-0.05, 0) is 56.3 Å². The van der Waals surface area contributed by atoms with Crippen LogP contribution in [0.5, 0.6) is 0 Å². The minimum absolute atomic E-state index is 0.228. The quantitative estimate of drug-likeness (QED) is 0.923. The van der Waals surface area contributed by atoms with Crippen molar-refractivity contribution in [3.05, 3.63) is 34.9 Å². The maximum absolute atomic E-state index is 13.5. The first-order valence-corrected chi connectivity index (χ1v) is 8.79. The van der Waals surface area contributed by atoms with Crippen LogP contribution < -0.4 is 5.73 Å². The third-order valence-electron chi connectivity index (χ3n) is 5.41. The van der Waals surface area contributed by atoms with Crippen LogP contribution in [0.2, 0.25) is 5.02 Å². The fraction of sp³-hybridized carbons (Fsp3) is 0.611. The van der Waals surface area contributed by atoms with E-state index in [2.05, 4.69) is 6.92 Å². The van der Waals surface area contributed by atoms with Crippen LogP contribution in [-0.2, 0) is 14.9 Å². The molecule has 2 N–H and O–H groups in total. The number of ether oxygens (including phenoxy) is 1. The number of amides is 1. The number of benzene rings is 1. The lowest BCUT2D eigenvalue weighted by atomic mass is 9.73. The summed E-state index contributed by atoms with van der Waals surface area (Å²) in [5, 5.41) is 0.696. The van der Waals surface area contributed by atoms with Crippen LogP contribution in [0.3, 0.4) is 0 Å². The van der Waals surface area contributed by atoms with Gasteiger partial charge in [-0.25, -0.2) is 0 Å². The molecule has 1 aromatic rings.